The van der Waals surface area contributed by atoms with Gasteiger partial charge < -0.3 is 34.8 Å². The maximum Gasteiger partial charge on any atom is 1.00 e. The van der Waals surface area contributed by atoms with Crippen molar-refractivity contribution in [3.8, 4) is 0 Å². The third kappa shape index (κ3) is 4.31. The van der Waals surface area contributed by atoms with Crippen molar-refractivity contribution in [2.75, 3.05) is 0 Å². The van der Waals surface area contributed by atoms with E-state index in [4.69, 9.17) is 0 Å². The molecule has 0 bridgehead atoms. The van der Waals surface area contributed by atoms with Gasteiger partial charge in [0.05, 0.1) is 5.39 Å². The maximum absolute atomic E-state index is 12.4. The summed E-state index contributed by atoms with van der Waals surface area (Å²) >= 11 is 9.26. The third-order valence-corrected chi connectivity index (χ3v) is 3.13. The topological polar surface area (TPSA) is 76.0 Å². The monoisotopic (exact) mass is 360 g/mol. The Morgan fingerprint density at radius 2 is 2.09 bits per heavy atom. The zero-order valence-corrected chi connectivity index (χ0v) is 17.2. The minimum atomic E-state index is -0.586. The molecule has 0 unspecified atom stereocenters. The number of pyridine rings is 2. The van der Waals surface area contributed by atoms with Gasteiger partial charge in [-0.1, -0.05) is 0 Å². The van der Waals surface area contributed by atoms with Crippen LogP contribution in [0.1, 0.15) is 23.0 Å². The minimum absolute atomic E-state index is 0. The molecule has 1 amide bonds. The van der Waals surface area contributed by atoms with E-state index in [1.165, 1.54) is 6.20 Å². The fraction of sp³-hybridized carbons (Fsp3) is 0.231. The summed E-state index contributed by atoms with van der Waals surface area (Å²) in [6.07, 6.45) is 1.49. The molecule has 9 heteroatoms. The molecule has 0 aromatic carbocycles. The number of hydrogen-bond acceptors (Lipinski definition) is 5. The van der Waals surface area contributed by atoms with Crippen LogP contribution in [0.5, 0.6) is 0 Å². The van der Waals surface area contributed by atoms with Crippen LogP contribution in [0.3, 0.4) is 0 Å². The first kappa shape index (κ1) is 19.6. The molecular formula is C13H13KN4O2S2. The minimum Gasteiger partial charge on any atom is -0.410 e. The van der Waals surface area contributed by atoms with Gasteiger partial charge in [-0.3, -0.25) is 15.0 Å². The van der Waals surface area contributed by atoms with Crippen LogP contribution in [-0.2, 0) is 19.2 Å². The zero-order chi connectivity index (χ0) is 15.6. The molecule has 0 atom stereocenters. The summed E-state index contributed by atoms with van der Waals surface area (Å²) in [5.74, 6) is -0.586. The van der Waals surface area contributed by atoms with Crippen LogP contribution in [0.15, 0.2) is 23.1 Å². The molecule has 2 rings (SSSR count). The second-order valence-corrected chi connectivity index (χ2v) is 5.42. The first-order valence-corrected chi connectivity index (χ1v) is 7.03. The number of aryl methyl sites for hydroxylation is 2. The van der Waals surface area contributed by atoms with E-state index >= 15 is 0 Å². The van der Waals surface area contributed by atoms with Crippen molar-refractivity contribution in [1.82, 2.24) is 20.4 Å². The smallest absolute Gasteiger partial charge is 0.410 e. The molecule has 6 nitrogen and oxygen atoms in total. The Bertz CT molecular complexity index is 791. The normalized spacial score (nSPS) is 9.91. The molecule has 0 fully saturated rings. The Labute approximate surface area is 180 Å². The fourth-order valence-corrected chi connectivity index (χ4v) is 2.04. The van der Waals surface area contributed by atoms with E-state index in [0.717, 1.165) is 5.69 Å². The van der Waals surface area contributed by atoms with Gasteiger partial charge in [0.15, 0.2) is 0 Å². The Balaban J connectivity index is 0.00000242. The van der Waals surface area contributed by atoms with Crippen LogP contribution >= 0.6 is 12.2 Å². The molecule has 0 aliphatic rings. The average molecular weight is 361 g/mol. The first-order valence-electron chi connectivity index (χ1n) is 6.22. The van der Waals surface area contributed by atoms with Crippen molar-refractivity contribution >= 4 is 46.1 Å². The molecule has 0 saturated heterocycles. The van der Waals surface area contributed by atoms with Crippen LogP contribution in [0.4, 0.5) is 0 Å². The van der Waals surface area contributed by atoms with Crippen molar-refractivity contribution < 1.29 is 56.2 Å². The number of fused-ring (bicyclic) bond motifs is 1. The molecule has 2 aromatic rings. The van der Waals surface area contributed by atoms with Crippen molar-refractivity contribution in [2.24, 2.45) is 0 Å². The molecule has 2 N–H and O–H groups in total. The number of carbonyl (C=O) groups excluding carboxylic acids is 1. The number of nitrogens with one attached hydrogen (secondary N) is 2. The summed E-state index contributed by atoms with van der Waals surface area (Å²) in [5, 5.41) is 0.399. The van der Waals surface area contributed by atoms with Crippen molar-refractivity contribution in [2.45, 2.75) is 20.4 Å². The zero-order valence-electron chi connectivity index (χ0n) is 12.5. The molecule has 0 spiro atoms. The molecule has 22 heavy (non-hydrogen) atoms. The van der Waals surface area contributed by atoms with Gasteiger partial charge in [-0.25, -0.2) is 4.98 Å². The van der Waals surface area contributed by atoms with E-state index in [0.29, 0.717) is 17.6 Å². The first-order chi connectivity index (χ1) is 9.93. The average Bonchev–Trinajstić information content (AvgIpc) is 2.45. The van der Waals surface area contributed by atoms with Crippen LogP contribution in [-0.4, -0.2) is 19.8 Å². The molecule has 0 radical (unpaired) electrons. The Morgan fingerprint density at radius 3 is 2.68 bits per heavy atom. The number of nitrogens with zero attached hydrogens (tertiary/aromatic N) is 2. The standard InChI is InChI=1S/C13H14N4O2S2.K/c1-3-17-6-9(12(19)15-16-13(20)21)10(18)8-5-4-7(2)14-11(8)17;/h4-6H,3H2,1-2H3,(H,15,19)(H2,16,20,21);/q;+1/p-1. The van der Waals surface area contributed by atoms with Crippen molar-refractivity contribution in [3.05, 3.63) is 39.8 Å². The van der Waals surface area contributed by atoms with E-state index < -0.39 is 5.91 Å². The van der Waals surface area contributed by atoms with Gasteiger partial charge in [-0.15, -0.1) is 0 Å². The van der Waals surface area contributed by atoms with Crippen LogP contribution in [0.2, 0.25) is 0 Å². The van der Waals surface area contributed by atoms with Gasteiger partial charge in [0, 0.05) is 18.4 Å². The second kappa shape index (κ2) is 8.43. The number of rotatable bonds is 2. The number of thiocarbonyl (C=S) groups is 1. The van der Waals surface area contributed by atoms with E-state index in [1.807, 2.05) is 13.8 Å². The predicted molar refractivity (Wildman–Crippen MR) is 87.0 cm³/mol. The maximum atomic E-state index is 12.4. The van der Waals surface area contributed by atoms with Gasteiger partial charge in [0.25, 0.3) is 5.91 Å². The number of carbonyl (C=O) groups is 1. The summed E-state index contributed by atoms with van der Waals surface area (Å²) in [7, 11) is 0. The van der Waals surface area contributed by atoms with E-state index in [9.17, 15) is 9.59 Å². The van der Waals surface area contributed by atoms with Crippen LogP contribution < -0.4 is 67.7 Å². The van der Waals surface area contributed by atoms with Gasteiger partial charge in [0.1, 0.15) is 11.2 Å². The van der Waals surface area contributed by atoms with E-state index in [1.54, 1.807) is 16.7 Å². The third-order valence-electron chi connectivity index (χ3n) is 2.92. The van der Waals surface area contributed by atoms with Gasteiger partial charge in [0.2, 0.25) is 5.43 Å². The fourth-order valence-electron chi connectivity index (χ4n) is 1.94. The predicted octanol–water partition coefficient (Wildman–Crippen LogP) is -2.20. The quantitative estimate of drug-likeness (QED) is 0.274. The molecule has 0 saturated carbocycles. The second-order valence-electron chi connectivity index (χ2n) is 4.35. The van der Waals surface area contributed by atoms with Gasteiger partial charge in [-0.05, 0) is 30.3 Å². The summed E-state index contributed by atoms with van der Waals surface area (Å²) in [6.45, 7) is 4.34. The van der Waals surface area contributed by atoms with Gasteiger partial charge >= 0.3 is 51.4 Å². The molecule has 2 heterocycles. The van der Waals surface area contributed by atoms with E-state index in [2.05, 4.69) is 40.7 Å². The van der Waals surface area contributed by atoms with E-state index in [-0.39, 0.29) is 66.7 Å². The summed E-state index contributed by atoms with van der Waals surface area (Å²) in [6, 6.07) is 3.41. The number of amides is 1. The van der Waals surface area contributed by atoms with Crippen LogP contribution in [0.25, 0.3) is 11.0 Å². The SMILES string of the molecule is CCn1cc(C(=O)NNC(=S)[S-])c(=O)c2ccc(C)nc21.[K+]. The van der Waals surface area contributed by atoms with Crippen molar-refractivity contribution in [3.63, 3.8) is 0 Å². The molecule has 110 valence electrons. The molecule has 0 aliphatic heterocycles. The molecule has 0 aliphatic carbocycles. The summed E-state index contributed by atoms with van der Waals surface area (Å²) in [5.41, 5.74) is 5.64. The number of hydrazine groups is 1. The Kier molecular flexibility index (Phi) is 7.52. The molecular weight excluding hydrogens is 347 g/mol. The molecule has 2 aromatic heterocycles. The summed E-state index contributed by atoms with van der Waals surface area (Å²) < 4.78 is 1.75. The number of aromatic nitrogens is 2. The van der Waals surface area contributed by atoms with Crippen LogP contribution in [0, 0.1) is 6.92 Å². The Morgan fingerprint density at radius 1 is 1.41 bits per heavy atom. The Hall–Kier alpha value is -0.424. The summed E-state index contributed by atoms with van der Waals surface area (Å²) in [4.78, 5) is 28.8. The van der Waals surface area contributed by atoms with Gasteiger partial charge in [-0.2, -0.15) is 0 Å². The number of hydrogen-bond donors (Lipinski definition) is 2. The largest absolute Gasteiger partial charge is 1.00 e. The van der Waals surface area contributed by atoms with Crippen molar-refractivity contribution in [1.29, 1.82) is 0 Å².